The van der Waals surface area contributed by atoms with E-state index in [-0.39, 0.29) is 6.61 Å². The summed E-state index contributed by atoms with van der Waals surface area (Å²) in [5.74, 6) is 0.658. The molecule has 0 saturated heterocycles. The minimum atomic E-state index is -0.489. The van der Waals surface area contributed by atoms with E-state index >= 15 is 0 Å². The fourth-order valence-corrected chi connectivity index (χ4v) is 2.47. The zero-order valence-electron chi connectivity index (χ0n) is 12.7. The maximum absolute atomic E-state index is 12.1. The Morgan fingerprint density at radius 2 is 1.68 bits per heavy atom. The van der Waals surface area contributed by atoms with Crippen molar-refractivity contribution in [3.05, 3.63) is 58.1 Å². The van der Waals surface area contributed by atoms with Crippen molar-refractivity contribution in [2.24, 2.45) is 0 Å². The van der Waals surface area contributed by atoms with Gasteiger partial charge in [0.05, 0.1) is 4.47 Å². The minimum absolute atomic E-state index is 0.0754. The summed E-state index contributed by atoms with van der Waals surface area (Å²) in [6.45, 7) is -0.414. The van der Waals surface area contributed by atoms with Crippen molar-refractivity contribution >= 4 is 33.8 Å². The third-order valence-electron chi connectivity index (χ3n) is 3.17. The van der Waals surface area contributed by atoms with Crippen molar-refractivity contribution in [1.29, 1.82) is 0 Å². The van der Waals surface area contributed by atoms with Gasteiger partial charge in [0, 0.05) is 19.8 Å². The van der Waals surface area contributed by atoms with Gasteiger partial charge in [0.2, 0.25) is 0 Å². The number of nitrogens with zero attached hydrogens (tertiary/aromatic N) is 1. The molecule has 0 bridgehead atoms. The Hall–Kier alpha value is -1.81. The van der Waals surface area contributed by atoms with E-state index < -0.39 is 6.67 Å². The van der Waals surface area contributed by atoms with Gasteiger partial charge >= 0.3 is 0 Å². The highest BCUT2D eigenvalue weighted by atomic mass is 79.9. The standard InChI is InChI=1S/C18H19BrFNO/c1-21(2)16-8-5-14(6-9-16)3-4-15-7-10-18(17(19)13-15)22-12-11-20/h3-10,13H,11-12H2,1-2H3/b4-3+. The number of benzene rings is 2. The second kappa shape index (κ2) is 7.99. The summed E-state index contributed by atoms with van der Waals surface area (Å²) >= 11 is 3.44. The molecule has 0 aliphatic heterocycles. The maximum Gasteiger partial charge on any atom is 0.133 e. The number of halogens is 2. The van der Waals surface area contributed by atoms with E-state index in [1.807, 2.05) is 38.4 Å². The van der Waals surface area contributed by atoms with Crippen LogP contribution in [0.4, 0.5) is 10.1 Å². The second-order valence-electron chi connectivity index (χ2n) is 5.05. The Labute approximate surface area is 139 Å². The Morgan fingerprint density at radius 1 is 1.05 bits per heavy atom. The summed E-state index contributed by atoms with van der Waals surface area (Å²) in [6, 6.07) is 14.1. The van der Waals surface area contributed by atoms with E-state index in [0.29, 0.717) is 5.75 Å². The Kier molecular flexibility index (Phi) is 6.01. The first kappa shape index (κ1) is 16.6. The van der Waals surface area contributed by atoms with Crippen molar-refractivity contribution in [2.45, 2.75) is 0 Å². The lowest BCUT2D eigenvalue weighted by Gasteiger charge is -2.11. The van der Waals surface area contributed by atoms with E-state index in [2.05, 4.69) is 51.2 Å². The first-order valence-corrected chi connectivity index (χ1v) is 7.83. The molecule has 0 radical (unpaired) electrons. The number of anilines is 1. The third kappa shape index (κ3) is 4.60. The van der Waals surface area contributed by atoms with Gasteiger partial charge in [-0.2, -0.15) is 0 Å². The molecule has 0 atom stereocenters. The molecule has 2 aromatic carbocycles. The average molecular weight is 364 g/mol. The molecule has 2 rings (SSSR count). The number of alkyl halides is 1. The summed E-state index contributed by atoms with van der Waals surface area (Å²) in [4.78, 5) is 2.07. The van der Waals surface area contributed by atoms with Crippen molar-refractivity contribution in [2.75, 3.05) is 32.3 Å². The zero-order chi connectivity index (χ0) is 15.9. The minimum Gasteiger partial charge on any atom is -0.490 e. The van der Waals surface area contributed by atoms with E-state index in [9.17, 15) is 4.39 Å². The van der Waals surface area contributed by atoms with Crippen molar-refractivity contribution in [3.8, 4) is 5.75 Å². The smallest absolute Gasteiger partial charge is 0.133 e. The number of rotatable bonds is 6. The number of hydrogen-bond acceptors (Lipinski definition) is 2. The highest BCUT2D eigenvalue weighted by Gasteiger charge is 2.01. The predicted octanol–water partition coefficient (Wildman–Crippen LogP) is 5.03. The lowest BCUT2D eigenvalue weighted by Crippen LogP contribution is -2.07. The monoisotopic (exact) mass is 363 g/mol. The summed E-state index contributed by atoms with van der Waals surface area (Å²) in [5, 5.41) is 0. The first-order chi connectivity index (χ1) is 10.6. The Morgan fingerprint density at radius 3 is 2.27 bits per heavy atom. The van der Waals surface area contributed by atoms with Crippen LogP contribution in [0.1, 0.15) is 11.1 Å². The topological polar surface area (TPSA) is 12.5 Å². The molecule has 0 aliphatic carbocycles. The van der Waals surface area contributed by atoms with Crippen LogP contribution in [-0.4, -0.2) is 27.4 Å². The van der Waals surface area contributed by atoms with Crippen LogP contribution in [0, 0.1) is 0 Å². The van der Waals surface area contributed by atoms with Crippen LogP contribution in [0.3, 0.4) is 0 Å². The highest BCUT2D eigenvalue weighted by molar-refractivity contribution is 9.10. The van der Waals surface area contributed by atoms with Crippen LogP contribution in [0.25, 0.3) is 12.2 Å². The average Bonchev–Trinajstić information content (AvgIpc) is 2.52. The van der Waals surface area contributed by atoms with Gasteiger partial charge in [-0.05, 0) is 51.3 Å². The summed E-state index contributed by atoms with van der Waals surface area (Å²) < 4.78 is 18.2. The SMILES string of the molecule is CN(C)c1ccc(/C=C/c2ccc(OCCF)c(Br)c2)cc1. The van der Waals surface area contributed by atoms with Crippen molar-refractivity contribution in [3.63, 3.8) is 0 Å². The molecule has 116 valence electrons. The molecule has 0 saturated carbocycles. The fourth-order valence-electron chi connectivity index (χ4n) is 1.96. The number of hydrogen-bond donors (Lipinski definition) is 0. The van der Waals surface area contributed by atoms with Gasteiger partial charge in [-0.3, -0.25) is 0 Å². The molecular weight excluding hydrogens is 345 g/mol. The zero-order valence-corrected chi connectivity index (χ0v) is 14.3. The molecule has 0 aromatic heterocycles. The van der Waals surface area contributed by atoms with Crippen LogP contribution < -0.4 is 9.64 Å². The molecule has 2 aromatic rings. The Bertz CT molecular complexity index is 638. The van der Waals surface area contributed by atoms with Gasteiger partial charge in [-0.15, -0.1) is 0 Å². The molecule has 0 spiro atoms. The van der Waals surface area contributed by atoms with Crippen LogP contribution >= 0.6 is 15.9 Å². The normalized spacial score (nSPS) is 10.9. The van der Waals surface area contributed by atoms with E-state index in [4.69, 9.17) is 4.74 Å². The van der Waals surface area contributed by atoms with Gasteiger partial charge < -0.3 is 9.64 Å². The number of ether oxygens (including phenoxy) is 1. The van der Waals surface area contributed by atoms with Crippen molar-refractivity contribution < 1.29 is 9.13 Å². The largest absolute Gasteiger partial charge is 0.490 e. The van der Waals surface area contributed by atoms with Gasteiger partial charge in [0.15, 0.2) is 0 Å². The third-order valence-corrected chi connectivity index (χ3v) is 3.79. The van der Waals surface area contributed by atoms with Crippen LogP contribution in [-0.2, 0) is 0 Å². The van der Waals surface area contributed by atoms with Crippen LogP contribution in [0.15, 0.2) is 46.9 Å². The van der Waals surface area contributed by atoms with E-state index in [0.717, 1.165) is 15.6 Å². The lowest BCUT2D eigenvalue weighted by atomic mass is 10.1. The maximum atomic E-state index is 12.1. The molecule has 4 heteroatoms. The second-order valence-corrected chi connectivity index (χ2v) is 5.90. The molecular formula is C18H19BrFNO. The molecule has 22 heavy (non-hydrogen) atoms. The summed E-state index contributed by atoms with van der Waals surface area (Å²) in [5.41, 5.74) is 3.37. The molecule has 0 amide bonds. The quantitative estimate of drug-likeness (QED) is 0.667. The van der Waals surface area contributed by atoms with Crippen LogP contribution in [0.2, 0.25) is 0 Å². The molecule has 0 N–H and O–H groups in total. The van der Waals surface area contributed by atoms with Gasteiger partial charge in [-0.1, -0.05) is 30.4 Å². The fraction of sp³-hybridized carbons (Fsp3) is 0.222. The summed E-state index contributed by atoms with van der Waals surface area (Å²) in [6.07, 6.45) is 4.09. The molecule has 0 fully saturated rings. The molecule has 2 nitrogen and oxygen atoms in total. The summed E-state index contributed by atoms with van der Waals surface area (Å²) in [7, 11) is 4.05. The van der Waals surface area contributed by atoms with E-state index in [1.165, 1.54) is 5.69 Å². The van der Waals surface area contributed by atoms with E-state index in [1.54, 1.807) is 0 Å². The van der Waals surface area contributed by atoms with Crippen LogP contribution in [0.5, 0.6) is 5.75 Å². The Balaban J connectivity index is 2.07. The highest BCUT2D eigenvalue weighted by Crippen LogP contribution is 2.27. The first-order valence-electron chi connectivity index (χ1n) is 7.04. The molecule has 0 aliphatic rings. The van der Waals surface area contributed by atoms with Crippen molar-refractivity contribution in [1.82, 2.24) is 0 Å². The van der Waals surface area contributed by atoms with Gasteiger partial charge in [0.25, 0.3) is 0 Å². The predicted molar refractivity (Wildman–Crippen MR) is 95.3 cm³/mol. The molecule has 0 heterocycles. The van der Waals surface area contributed by atoms with Gasteiger partial charge in [-0.25, -0.2) is 4.39 Å². The lowest BCUT2D eigenvalue weighted by molar-refractivity contribution is 0.272. The van der Waals surface area contributed by atoms with Gasteiger partial charge in [0.1, 0.15) is 19.0 Å². The molecule has 0 unspecified atom stereocenters.